The van der Waals surface area contributed by atoms with E-state index in [9.17, 15) is 36.0 Å². The maximum Gasteiger partial charge on any atom is 0.573 e. The minimum atomic E-state index is -4.89. The molecule has 3 amide bonds. The van der Waals surface area contributed by atoms with Gasteiger partial charge in [-0.2, -0.15) is 0 Å². The van der Waals surface area contributed by atoms with E-state index in [0.29, 0.717) is 0 Å². The van der Waals surface area contributed by atoms with Gasteiger partial charge in [-0.1, -0.05) is 0 Å². The third kappa shape index (κ3) is 6.49. The first-order valence-corrected chi connectivity index (χ1v) is 9.43. The van der Waals surface area contributed by atoms with Crippen LogP contribution in [0, 0.1) is 0 Å². The highest BCUT2D eigenvalue weighted by Crippen LogP contribution is 2.23. The maximum absolute atomic E-state index is 12.1. The summed E-state index contributed by atoms with van der Waals surface area (Å²) in [6.07, 6.45) is -4.95. The Kier molecular flexibility index (Phi) is 6.61. The molecular formula is C15H16F3N3O6S. The van der Waals surface area contributed by atoms with Gasteiger partial charge in [-0.25, -0.2) is 13.1 Å². The highest BCUT2D eigenvalue weighted by molar-refractivity contribution is 7.89. The van der Waals surface area contributed by atoms with Crippen LogP contribution in [0.15, 0.2) is 29.2 Å². The molecule has 0 radical (unpaired) electrons. The maximum atomic E-state index is 12.1. The third-order valence-electron chi connectivity index (χ3n) is 3.59. The van der Waals surface area contributed by atoms with Crippen LogP contribution in [0.2, 0.25) is 0 Å². The largest absolute Gasteiger partial charge is 0.573 e. The first-order valence-electron chi connectivity index (χ1n) is 7.95. The number of alkyl halides is 3. The zero-order valence-corrected chi connectivity index (χ0v) is 15.0. The van der Waals surface area contributed by atoms with Gasteiger partial charge < -0.3 is 10.1 Å². The summed E-state index contributed by atoms with van der Waals surface area (Å²) in [5.41, 5.74) is 0. The molecule has 0 bridgehead atoms. The lowest BCUT2D eigenvalue weighted by Crippen LogP contribution is -2.52. The molecule has 1 aliphatic heterocycles. The fourth-order valence-corrected chi connectivity index (χ4v) is 3.33. The van der Waals surface area contributed by atoms with Crippen LogP contribution < -0.4 is 20.1 Å². The van der Waals surface area contributed by atoms with Crippen LogP contribution in [-0.4, -0.2) is 45.1 Å². The average Bonchev–Trinajstić information content (AvgIpc) is 2.56. The van der Waals surface area contributed by atoms with Crippen LogP contribution in [0.5, 0.6) is 5.75 Å². The molecule has 13 heteroatoms. The summed E-state index contributed by atoms with van der Waals surface area (Å²) < 4.78 is 66.2. The molecule has 1 unspecified atom stereocenters. The Morgan fingerprint density at radius 3 is 2.43 bits per heavy atom. The summed E-state index contributed by atoms with van der Waals surface area (Å²) in [4.78, 5) is 34.1. The Balaban J connectivity index is 1.83. The molecule has 0 saturated carbocycles. The molecule has 1 aromatic carbocycles. The molecule has 0 aliphatic carbocycles. The lowest BCUT2D eigenvalue weighted by Gasteiger charge is -2.21. The number of nitrogens with one attached hydrogen (secondary N) is 3. The van der Waals surface area contributed by atoms with E-state index in [-0.39, 0.29) is 30.7 Å². The summed E-state index contributed by atoms with van der Waals surface area (Å²) >= 11 is 0. The van der Waals surface area contributed by atoms with Crippen LogP contribution in [-0.2, 0) is 24.4 Å². The number of carbonyl (C=O) groups excluding carboxylic acids is 3. The first-order chi connectivity index (χ1) is 13.0. The van der Waals surface area contributed by atoms with E-state index in [4.69, 9.17) is 0 Å². The number of hydrogen-bond acceptors (Lipinski definition) is 6. The monoisotopic (exact) mass is 423 g/mol. The smallest absolute Gasteiger partial charge is 0.406 e. The van der Waals surface area contributed by atoms with Crippen LogP contribution >= 0.6 is 0 Å². The fourth-order valence-electron chi connectivity index (χ4n) is 2.30. The predicted molar refractivity (Wildman–Crippen MR) is 87.2 cm³/mol. The number of halogens is 3. The van der Waals surface area contributed by atoms with Crippen molar-refractivity contribution >= 4 is 27.7 Å². The van der Waals surface area contributed by atoms with Gasteiger partial charge in [0, 0.05) is 19.4 Å². The highest BCUT2D eigenvalue weighted by Gasteiger charge is 2.31. The number of piperidine rings is 1. The quantitative estimate of drug-likeness (QED) is 0.536. The lowest BCUT2D eigenvalue weighted by molar-refractivity contribution is -0.274. The van der Waals surface area contributed by atoms with Crippen molar-refractivity contribution in [1.82, 2.24) is 15.4 Å². The number of ether oxygens (including phenoxy) is 1. The van der Waals surface area contributed by atoms with Gasteiger partial charge in [0.25, 0.3) is 0 Å². The number of hydrogen-bond donors (Lipinski definition) is 3. The van der Waals surface area contributed by atoms with E-state index in [0.717, 1.165) is 24.3 Å². The second kappa shape index (κ2) is 8.56. The minimum Gasteiger partial charge on any atom is -0.406 e. The summed E-state index contributed by atoms with van der Waals surface area (Å²) in [7, 11) is -4.06. The van der Waals surface area contributed by atoms with E-state index in [1.165, 1.54) is 0 Å². The third-order valence-corrected chi connectivity index (χ3v) is 5.06. The molecule has 1 heterocycles. The predicted octanol–water partition coefficient (Wildman–Crippen LogP) is 0.175. The molecule has 1 atom stereocenters. The van der Waals surface area contributed by atoms with Crippen LogP contribution in [0.4, 0.5) is 13.2 Å². The second-order valence-corrected chi connectivity index (χ2v) is 7.51. The van der Waals surface area contributed by atoms with Crippen molar-refractivity contribution in [3.05, 3.63) is 24.3 Å². The van der Waals surface area contributed by atoms with E-state index in [1.807, 2.05) is 0 Å². The number of rotatable bonds is 7. The van der Waals surface area contributed by atoms with Gasteiger partial charge in [0.15, 0.2) is 0 Å². The van der Waals surface area contributed by atoms with Gasteiger partial charge in [0.05, 0.1) is 4.90 Å². The lowest BCUT2D eigenvalue weighted by atomic mass is 10.1. The van der Waals surface area contributed by atoms with Crippen LogP contribution in [0.1, 0.15) is 19.3 Å². The van der Waals surface area contributed by atoms with Crippen molar-refractivity contribution in [3.63, 3.8) is 0 Å². The van der Waals surface area contributed by atoms with E-state index >= 15 is 0 Å². The van der Waals surface area contributed by atoms with Crippen LogP contribution in [0.3, 0.4) is 0 Å². The summed E-state index contributed by atoms with van der Waals surface area (Å²) in [6, 6.07) is 2.66. The standard InChI is InChI=1S/C15H16F3N3O6S/c16-15(17,18)27-9-1-3-10(4-2-9)28(25,26)19-8-7-13(23)20-11-5-6-12(22)21-14(11)24/h1-4,11,19H,5-8H2,(H,20,23)(H,21,22,24). The molecule has 0 spiro atoms. The van der Waals surface area contributed by atoms with Gasteiger partial charge in [-0.15, -0.1) is 13.2 Å². The van der Waals surface area contributed by atoms with Gasteiger partial charge in [0.2, 0.25) is 27.7 Å². The van der Waals surface area contributed by atoms with Crippen LogP contribution in [0.25, 0.3) is 0 Å². The normalized spacial score (nSPS) is 17.8. The van der Waals surface area contributed by atoms with E-state index in [2.05, 4.69) is 20.1 Å². The van der Waals surface area contributed by atoms with Crippen molar-refractivity contribution in [2.75, 3.05) is 6.54 Å². The molecule has 28 heavy (non-hydrogen) atoms. The molecule has 1 aliphatic rings. The van der Waals surface area contributed by atoms with Gasteiger partial charge >= 0.3 is 6.36 Å². The summed E-state index contributed by atoms with van der Waals surface area (Å²) in [6.45, 7) is -0.303. The number of amides is 3. The van der Waals surface area contributed by atoms with Crippen molar-refractivity contribution in [2.24, 2.45) is 0 Å². The fraction of sp³-hybridized carbons (Fsp3) is 0.400. The number of carbonyl (C=O) groups is 3. The number of benzene rings is 1. The molecule has 9 nitrogen and oxygen atoms in total. The zero-order chi connectivity index (χ0) is 20.9. The first kappa shape index (κ1) is 21.6. The van der Waals surface area contributed by atoms with Crippen molar-refractivity contribution in [1.29, 1.82) is 0 Å². The van der Waals surface area contributed by atoms with Gasteiger partial charge in [-0.3, -0.25) is 19.7 Å². The molecule has 154 valence electrons. The molecule has 1 fully saturated rings. The summed E-state index contributed by atoms with van der Waals surface area (Å²) in [5, 5.41) is 4.45. The highest BCUT2D eigenvalue weighted by atomic mass is 32.2. The molecule has 2 rings (SSSR count). The van der Waals surface area contributed by atoms with Crippen molar-refractivity contribution in [3.8, 4) is 5.75 Å². The Morgan fingerprint density at radius 1 is 1.21 bits per heavy atom. The molecular weight excluding hydrogens is 407 g/mol. The Labute approximate surface area is 157 Å². The molecule has 1 saturated heterocycles. The molecule has 1 aromatic rings. The molecule has 0 aromatic heterocycles. The topological polar surface area (TPSA) is 131 Å². The van der Waals surface area contributed by atoms with Gasteiger partial charge in [-0.05, 0) is 30.7 Å². The second-order valence-electron chi connectivity index (χ2n) is 5.74. The van der Waals surface area contributed by atoms with E-state index in [1.54, 1.807) is 0 Å². The Bertz CT molecular complexity index is 855. The average molecular weight is 423 g/mol. The SMILES string of the molecule is O=C1CCC(NC(=O)CCNS(=O)(=O)c2ccc(OC(F)(F)F)cc2)C(=O)N1. The zero-order valence-electron chi connectivity index (χ0n) is 14.2. The number of sulfonamides is 1. The van der Waals surface area contributed by atoms with Gasteiger partial charge in [0.1, 0.15) is 11.8 Å². The Hall–Kier alpha value is -2.67. The Morgan fingerprint density at radius 2 is 1.86 bits per heavy atom. The van der Waals surface area contributed by atoms with Crippen molar-refractivity contribution in [2.45, 2.75) is 36.6 Å². The number of imide groups is 1. The minimum absolute atomic E-state index is 0.0807. The molecule has 3 N–H and O–H groups in total. The van der Waals surface area contributed by atoms with E-state index < -0.39 is 45.9 Å². The van der Waals surface area contributed by atoms with Crippen molar-refractivity contribution < 1.29 is 40.7 Å². The summed E-state index contributed by atoms with van der Waals surface area (Å²) in [5.74, 6) is -2.25.